The summed E-state index contributed by atoms with van der Waals surface area (Å²) in [6, 6.07) is 10.7. The Balaban J connectivity index is 1.81. The molecule has 2 aromatic carbocycles. The Kier molecular flexibility index (Phi) is 7.83. The Morgan fingerprint density at radius 3 is 2.44 bits per heavy atom. The van der Waals surface area contributed by atoms with Crippen molar-refractivity contribution in [3.8, 4) is 0 Å². The van der Waals surface area contributed by atoms with Gasteiger partial charge in [0.1, 0.15) is 5.82 Å². The van der Waals surface area contributed by atoms with Gasteiger partial charge in [0, 0.05) is 30.1 Å². The number of Topliss-reactive ketones (excluding diaryl/α,β-unsaturated/α-hetero) is 1. The highest BCUT2D eigenvalue weighted by atomic mass is 19.1. The van der Waals surface area contributed by atoms with Crippen molar-refractivity contribution in [1.29, 1.82) is 0 Å². The SMILES string of the molecule is Cc1cc(C(=O)CCCN(C)C)cc(C)c1N1C[C@@H](Cc2ccccc2F)C[C@@H](C)C1=O. The van der Waals surface area contributed by atoms with E-state index in [1.165, 1.54) is 6.07 Å². The van der Waals surface area contributed by atoms with Gasteiger partial charge in [-0.15, -0.1) is 0 Å². The molecule has 2 atom stereocenters. The molecule has 0 bridgehead atoms. The van der Waals surface area contributed by atoms with Gasteiger partial charge >= 0.3 is 0 Å². The van der Waals surface area contributed by atoms with Crippen molar-refractivity contribution < 1.29 is 14.0 Å². The van der Waals surface area contributed by atoms with E-state index >= 15 is 0 Å². The molecule has 5 heteroatoms. The van der Waals surface area contributed by atoms with Crippen molar-refractivity contribution >= 4 is 17.4 Å². The second kappa shape index (κ2) is 10.4. The summed E-state index contributed by atoms with van der Waals surface area (Å²) < 4.78 is 14.2. The Morgan fingerprint density at radius 2 is 1.81 bits per heavy atom. The van der Waals surface area contributed by atoms with Gasteiger partial charge in [-0.25, -0.2) is 4.39 Å². The number of carbonyl (C=O) groups is 2. The predicted octanol–water partition coefficient (Wildman–Crippen LogP) is 5.20. The van der Waals surface area contributed by atoms with Gasteiger partial charge < -0.3 is 9.80 Å². The van der Waals surface area contributed by atoms with Crippen molar-refractivity contribution in [2.45, 2.75) is 46.5 Å². The van der Waals surface area contributed by atoms with Crippen LogP contribution >= 0.6 is 0 Å². The lowest BCUT2D eigenvalue weighted by atomic mass is 9.84. The average molecular weight is 439 g/mol. The number of carbonyl (C=O) groups excluding carboxylic acids is 2. The van der Waals surface area contributed by atoms with Crippen LogP contribution in [-0.4, -0.2) is 43.8 Å². The number of rotatable bonds is 8. The van der Waals surface area contributed by atoms with Gasteiger partial charge in [0.05, 0.1) is 0 Å². The molecule has 0 N–H and O–H groups in total. The third-order valence-electron chi connectivity index (χ3n) is 6.37. The molecular weight excluding hydrogens is 403 g/mol. The molecule has 0 aliphatic carbocycles. The number of hydrogen-bond acceptors (Lipinski definition) is 3. The van der Waals surface area contributed by atoms with Gasteiger partial charge in [-0.1, -0.05) is 25.1 Å². The fraction of sp³-hybridized carbons (Fsp3) is 0.481. The zero-order valence-electron chi connectivity index (χ0n) is 20.0. The van der Waals surface area contributed by atoms with E-state index in [1.807, 2.05) is 64.0 Å². The van der Waals surface area contributed by atoms with Crippen molar-refractivity contribution in [2.75, 3.05) is 32.1 Å². The van der Waals surface area contributed by atoms with E-state index in [0.717, 1.165) is 36.2 Å². The lowest BCUT2D eigenvalue weighted by Gasteiger charge is -2.38. The number of anilines is 1. The minimum Gasteiger partial charge on any atom is -0.311 e. The van der Waals surface area contributed by atoms with Crippen LogP contribution in [0.4, 0.5) is 10.1 Å². The van der Waals surface area contributed by atoms with Crippen molar-refractivity contribution in [3.05, 3.63) is 64.5 Å². The number of nitrogens with zero attached hydrogens (tertiary/aromatic N) is 2. The first-order valence-corrected chi connectivity index (χ1v) is 11.5. The Hall–Kier alpha value is -2.53. The summed E-state index contributed by atoms with van der Waals surface area (Å²) in [6.45, 7) is 7.34. The first kappa shape index (κ1) is 24.1. The highest BCUT2D eigenvalue weighted by molar-refractivity contribution is 6.00. The van der Waals surface area contributed by atoms with Crippen LogP contribution in [0.1, 0.15) is 53.2 Å². The van der Waals surface area contributed by atoms with Crippen LogP contribution in [0.2, 0.25) is 0 Å². The van der Waals surface area contributed by atoms with E-state index in [0.29, 0.717) is 30.5 Å². The third-order valence-corrected chi connectivity index (χ3v) is 6.37. The Bertz CT molecular complexity index is 962. The zero-order valence-corrected chi connectivity index (χ0v) is 20.0. The van der Waals surface area contributed by atoms with Crippen molar-refractivity contribution in [2.24, 2.45) is 11.8 Å². The fourth-order valence-electron chi connectivity index (χ4n) is 4.86. The largest absolute Gasteiger partial charge is 0.311 e. The second-order valence-electron chi connectivity index (χ2n) is 9.54. The second-order valence-corrected chi connectivity index (χ2v) is 9.54. The molecule has 0 unspecified atom stereocenters. The smallest absolute Gasteiger partial charge is 0.229 e. The third kappa shape index (κ3) is 5.63. The maximum Gasteiger partial charge on any atom is 0.229 e. The van der Waals surface area contributed by atoms with E-state index in [1.54, 1.807) is 6.07 Å². The predicted molar refractivity (Wildman–Crippen MR) is 128 cm³/mol. The van der Waals surface area contributed by atoms with Crippen LogP contribution in [0, 0.1) is 31.5 Å². The molecule has 1 aliphatic heterocycles. The lowest BCUT2D eigenvalue weighted by molar-refractivity contribution is -0.124. The summed E-state index contributed by atoms with van der Waals surface area (Å²) in [5, 5.41) is 0. The number of halogens is 1. The molecule has 0 radical (unpaired) electrons. The summed E-state index contributed by atoms with van der Waals surface area (Å²) in [6.07, 6.45) is 2.71. The number of ketones is 1. The molecule has 1 aliphatic rings. The van der Waals surface area contributed by atoms with Gasteiger partial charge in [-0.3, -0.25) is 9.59 Å². The van der Waals surface area contributed by atoms with Crippen LogP contribution in [0.5, 0.6) is 0 Å². The molecule has 0 aromatic heterocycles. The molecule has 172 valence electrons. The number of benzene rings is 2. The van der Waals surface area contributed by atoms with Crippen molar-refractivity contribution in [1.82, 2.24) is 4.90 Å². The number of aryl methyl sites for hydroxylation is 2. The van der Waals surface area contributed by atoms with Gasteiger partial charge in [-0.05, 0) is 94.6 Å². The zero-order chi connectivity index (χ0) is 23.4. The first-order valence-electron chi connectivity index (χ1n) is 11.5. The minimum absolute atomic E-state index is 0.103. The van der Waals surface area contributed by atoms with Gasteiger partial charge in [-0.2, -0.15) is 0 Å². The Labute approximate surface area is 191 Å². The van der Waals surface area contributed by atoms with E-state index in [-0.39, 0.29) is 29.3 Å². The van der Waals surface area contributed by atoms with E-state index in [9.17, 15) is 14.0 Å². The van der Waals surface area contributed by atoms with Gasteiger partial charge in [0.25, 0.3) is 0 Å². The summed E-state index contributed by atoms with van der Waals surface area (Å²) >= 11 is 0. The molecule has 1 amide bonds. The van der Waals surface area contributed by atoms with Gasteiger partial charge in [0.2, 0.25) is 5.91 Å². The molecule has 3 rings (SSSR count). The normalized spacial score (nSPS) is 19.0. The van der Waals surface area contributed by atoms with Crippen LogP contribution in [0.15, 0.2) is 36.4 Å². The first-order chi connectivity index (χ1) is 15.2. The van der Waals surface area contributed by atoms with E-state index in [4.69, 9.17) is 0 Å². The highest BCUT2D eigenvalue weighted by Crippen LogP contribution is 2.34. The van der Waals surface area contributed by atoms with E-state index < -0.39 is 0 Å². The monoisotopic (exact) mass is 438 g/mol. The molecule has 1 saturated heterocycles. The Morgan fingerprint density at radius 1 is 1.16 bits per heavy atom. The van der Waals surface area contributed by atoms with Crippen LogP contribution < -0.4 is 4.90 Å². The summed E-state index contributed by atoms with van der Waals surface area (Å²) in [5.41, 5.74) is 4.18. The quantitative estimate of drug-likeness (QED) is 0.532. The number of hydrogen-bond donors (Lipinski definition) is 0. The summed E-state index contributed by atoms with van der Waals surface area (Å²) in [5.74, 6) is 0.122. The molecular formula is C27H35FN2O2. The maximum absolute atomic E-state index is 14.2. The topological polar surface area (TPSA) is 40.6 Å². The fourth-order valence-corrected chi connectivity index (χ4v) is 4.86. The molecule has 0 saturated carbocycles. The van der Waals surface area contributed by atoms with Gasteiger partial charge in [0.15, 0.2) is 5.78 Å². The maximum atomic E-state index is 14.2. The standard InChI is InChI=1S/C27H35FN2O2/c1-18-14-23(25(31)11-8-12-29(4)5)15-19(2)26(18)30-17-21(13-20(3)27(30)32)16-22-9-6-7-10-24(22)28/h6-7,9-10,14-15,20-21H,8,11-13,16-17H2,1-5H3/t20-,21-/m1/s1. The minimum atomic E-state index is -0.187. The van der Waals surface area contributed by atoms with Crippen LogP contribution in [-0.2, 0) is 11.2 Å². The molecule has 4 nitrogen and oxygen atoms in total. The van der Waals surface area contributed by atoms with E-state index in [2.05, 4.69) is 4.90 Å². The number of amides is 1. The molecule has 2 aromatic rings. The molecule has 32 heavy (non-hydrogen) atoms. The molecule has 1 fully saturated rings. The number of piperidine rings is 1. The molecule has 0 spiro atoms. The van der Waals surface area contributed by atoms with Crippen molar-refractivity contribution in [3.63, 3.8) is 0 Å². The lowest BCUT2D eigenvalue weighted by Crippen LogP contribution is -2.46. The molecule has 1 heterocycles. The summed E-state index contributed by atoms with van der Waals surface area (Å²) in [7, 11) is 4.01. The highest BCUT2D eigenvalue weighted by Gasteiger charge is 2.34. The van der Waals surface area contributed by atoms with Crippen LogP contribution in [0.3, 0.4) is 0 Å². The van der Waals surface area contributed by atoms with Crippen LogP contribution in [0.25, 0.3) is 0 Å². The summed E-state index contributed by atoms with van der Waals surface area (Å²) in [4.78, 5) is 29.7. The average Bonchev–Trinajstić information content (AvgIpc) is 2.72.